The number of carbonyl (C=O) groups excluding carboxylic acids is 2. The summed E-state index contributed by atoms with van der Waals surface area (Å²) in [5.41, 5.74) is 1.87. The summed E-state index contributed by atoms with van der Waals surface area (Å²) in [6.07, 6.45) is 5.81. The van der Waals surface area contributed by atoms with E-state index in [0.717, 1.165) is 31.8 Å². The Labute approximate surface area is 139 Å². The molecule has 23 heavy (non-hydrogen) atoms. The Morgan fingerprint density at radius 2 is 1.78 bits per heavy atom. The molecule has 0 amide bonds. The van der Waals surface area contributed by atoms with E-state index in [9.17, 15) is 4.79 Å². The van der Waals surface area contributed by atoms with Crippen molar-refractivity contribution in [2.45, 2.75) is 46.0 Å². The lowest BCUT2D eigenvalue weighted by atomic mass is 9.94. The van der Waals surface area contributed by atoms with Crippen LogP contribution in [0.5, 0.6) is 0 Å². The summed E-state index contributed by atoms with van der Waals surface area (Å²) in [4.78, 5) is 22.3. The van der Waals surface area contributed by atoms with E-state index in [4.69, 9.17) is 9.53 Å². The van der Waals surface area contributed by atoms with Crippen LogP contribution in [0.1, 0.15) is 56.3 Å². The second-order valence-electron chi connectivity index (χ2n) is 5.88. The molecule has 0 saturated carbocycles. The van der Waals surface area contributed by atoms with Crippen LogP contribution in [0.4, 0.5) is 5.69 Å². The minimum Gasteiger partial charge on any atom is -0.462 e. The molecular formula is C19H29NO3. The number of esters is 1. The van der Waals surface area contributed by atoms with E-state index in [1.807, 2.05) is 31.1 Å². The number of piperidine rings is 1. The van der Waals surface area contributed by atoms with Gasteiger partial charge in [0.2, 0.25) is 0 Å². The van der Waals surface area contributed by atoms with E-state index in [1.54, 1.807) is 0 Å². The minimum absolute atomic E-state index is 0.209. The zero-order valence-electron chi connectivity index (χ0n) is 14.4. The van der Waals surface area contributed by atoms with Gasteiger partial charge in [-0.1, -0.05) is 26.7 Å². The van der Waals surface area contributed by atoms with Gasteiger partial charge < -0.3 is 14.4 Å². The third-order valence-corrected chi connectivity index (χ3v) is 4.39. The topological polar surface area (TPSA) is 46.6 Å². The van der Waals surface area contributed by atoms with Crippen LogP contribution in [0, 0.1) is 5.92 Å². The number of ether oxygens (including phenoxy) is 1. The molecule has 1 fully saturated rings. The van der Waals surface area contributed by atoms with E-state index in [0.29, 0.717) is 12.2 Å². The number of carbonyl (C=O) groups is 2. The highest BCUT2D eigenvalue weighted by Crippen LogP contribution is 2.25. The molecule has 0 atom stereocenters. The fourth-order valence-corrected chi connectivity index (χ4v) is 2.80. The largest absolute Gasteiger partial charge is 0.462 e. The van der Waals surface area contributed by atoms with Gasteiger partial charge in [0.05, 0.1) is 12.2 Å². The Bertz CT molecular complexity index is 450. The second kappa shape index (κ2) is 10.8. The maximum atomic E-state index is 11.9. The van der Waals surface area contributed by atoms with Gasteiger partial charge in [-0.3, -0.25) is 0 Å². The predicted octanol–water partition coefficient (Wildman–Crippen LogP) is 4.09. The Morgan fingerprint density at radius 1 is 1.17 bits per heavy atom. The SMILES string of the molecule is C=O.CCCCOC(=O)c1ccc(N2CCC(CC)CC2)cc1. The van der Waals surface area contributed by atoms with Crippen molar-refractivity contribution in [2.24, 2.45) is 5.92 Å². The summed E-state index contributed by atoms with van der Waals surface area (Å²) in [5, 5.41) is 0. The van der Waals surface area contributed by atoms with Crippen LogP contribution in [0.15, 0.2) is 24.3 Å². The van der Waals surface area contributed by atoms with Gasteiger partial charge in [0, 0.05) is 18.8 Å². The Kier molecular flexibility index (Phi) is 9.03. The van der Waals surface area contributed by atoms with Crippen molar-refractivity contribution in [1.82, 2.24) is 0 Å². The maximum absolute atomic E-state index is 11.9. The summed E-state index contributed by atoms with van der Waals surface area (Å²) in [7, 11) is 0. The number of anilines is 1. The average Bonchev–Trinajstić information content (AvgIpc) is 2.64. The zero-order chi connectivity index (χ0) is 17.1. The van der Waals surface area contributed by atoms with Gasteiger partial charge in [0.25, 0.3) is 0 Å². The minimum atomic E-state index is -0.209. The molecule has 0 aromatic heterocycles. The third-order valence-electron chi connectivity index (χ3n) is 4.39. The van der Waals surface area contributed by atoms with Crippen LogP contribution in [-0.2, 0) is 9.53 Å². The molecule has 1 saturated heterocycles. The first-order chi connectivity index (χ1) is 11.2. The number of benzene rings is 1. The molecule has 1 heterocycles. The lowest BCUT2D eigenvalue weighted by molar-refractivity contribution is -0.0980. The Morgan fingerprint density at radius 3 is 2.30 bits per heavy atom. The molecule has 1 aromatic rings. The quantitative estimate of drug-likeness (QED) is 0.585. The summed E-state index contributed by atoms with van der Waals surface area (Å²) in [6, 6.07) is 7.86. The van der Waals surface area contributed by atoms with E-state index in [2.05, 4.69) is 18.7 Å². The van der Waals surface area contributed by atoms with Crippen molar-refractivity contribution < 1.29 is 14.3 Å². The zero-order valence-corrected chi connectivity index (χ0v) is 14.4. The highest BCUT2D eigenvalue weighted by atomic mass is 16.5. The molecule has 1 aliphatic heterocycles. The highest BCUT2D eigenvalue weighted by Gasteiger charge is 2.18. The van der Waals surface area contributed by atoms with Gasteiger partial charge in [-0.15, -0.1) is 0 Å². The van der Waals surface area contributed by atoms with Crippen molar-refractivity contribution in [3.63, 3.8) is 0 Å². The number of unbranched alkanes of at least 4 members (excludes halogenated alkanes) is 1. The summed E-state index contributed by atoms with van der Waals surface area (Å²) < 4.78 is 5.23. The van der Waals surface area contributed by atoms with Gasteiger partial charge in [-0.05, 0) is 49.4 Å². The monoisotopic (exact) mass is 319 g/mol. The van der Waals surface area contributed by atoms with Crippen LogP contribution in [0.2, 0.25) is 0 Å². The molecule has 1 aromatic carbocycles. The van der Waals surface area contributed by atoms with Gasteiger partial charge >= 0.3 is 5.97 Å². The fourth-order valence-electron chi connectivity index (χ4n) is 2.80. The van der Waals surface area contributed by atoms with Crippen molar-refractivity contribution in [1.29, 1.82) is 0 Å². The number of hydrogen-bond donors (Lipinski definition) is 0. The summed E-state index contributed by atoms with van der Waals surface area (Å²) >= 11 is 0. The fraction of sp³-hybridized carbons (Fsp3) is 0.579. The Hall–Kier alpha value is -1.84. The van der Waals surface area contributed by atoms with Crippen molar-refractivity contribution in [2.75, 3.05) is 24.6 Å². The van der Waals surface area contributed by atoms with E-state index in [-0.39, 0.29) is 5.97 Å². The molecule has 4 heteroatoms. The number of hydrogen-bond acceptors (Lipinski definition) is 4. The van der Waals surface area contributed by atoms with Gasteiger partial charge in [0.1, 0.15) is 6.79 Å². The standard InChI is InChI=1S/C18H27NO2.CH2O/c1-3-5-14-21-18(20)16-6-8-17(9-7-16)19-12-10-15(4-2)11-13-19;1-2/h6-9,15H,3-5,10-14H2,1-2H3;1H2. The number of nitrogens with zero attached hydrogens (tertiary/aromatic N) is 1. The third kappa shape index (κ3) is 6.05. The van der Waals surface area contributed by atoms with Crippen LogP contribution in [-0.4, -0.2) is 32.5 Å². The van der Waals surface area contributed by atoms with Crippen molar-refractivity contribution in [3.8, 4) is 0 Å². The van der Waals surface area contributed by atoms with Gasteiger partial charge in [0.15, 0.2) is 0 Å². The smallest absolute Gasteiger partial charge is 0.338 e. The lowest BCUT2D eigenvalue weighted by Gasteiger charge is -2.33. The van der Waals surface area contributed by atoms with Crippen molar-refractivity contribution in [3.05, 3.63) is 29.8 Å². The molecule has 0 aliphatic carbocycles. The van der Waals surface area contributed by atoms with Crippen LogP contribution in [0.25, 0.3) is 0 Å². The number of rotatable bonds is 6. The van der Waals surface area contributed by atoms with Crippen molar-refractivity contribution >= 4 is 18.4 Å². The molecule has 1 aliphatic rings. The first-order valence-electron chi connectivity index (χ1n) is 8.55. The van der Waals surface area contributed by atoms with E-state index >= 15 is 0 Å². The Balaban J connectivity index is 0.00000127. The first kappa shape index (κ1) is 19.2. The first-order valence-corrected chi connectivity index (χ1v) is 8.55. The van der Waals surface area contributed by atoms with Crippen LogP contribution >= 0.6 is 0 Å². The van der Waals surface area contributed by atoms with E-state index < -0.39 is 0 Å². The van der Waals surface area contributed by atoms with Gasteiger partial charge in [-0.2, -0.15) is 0 Å². The molecule has 0 unspecified atom stereocenters. The van der Waals surface area contributed by atoms with Gasteiger partial charge in [-0.25, -0.2) is 4.79 Å². The predicted molar refractivity (Wildman–Crippen MR) is 94.0 cm³/mol. The van der Waals surface area contributed by atoms with E-state index in [1.165, 1.54) is 24.9 Å². The highest BCUT2D eigenvalue weighted by molar-refractivity contribution is 5.89. The summed E-state index contributed by atoms with van der Waals surface area (Å²) in [5.74, 6) is 0.675. The van der Waals surface area contributed by atoms with Crippen LogP contribution in [0.3, 0.4) is 0 Å². The summed E-state index contributed by atoms with van der Waals surface area (Å²) in [6.45, 7) is 9.13. The molecule has 2 rings (SSSR count). The average molecular weight is 319 g/mol. The molecule has 4 nitrogen and oxygen atoms in total. The molecule has 0 bridgehead atoms. The molecule has 0 radical (unpaired) electrons. The molecule has 0 N–H and O–H groups in total. The normalized spacial score (nSPS) is 14.8. The molecule has 0 spiro atoms. The second-order valence-corrected chi connectivity index (χ2v) is 5.88. The maximum Gasteiger partial charge on any atom is 0.338 e. The molecule has 128 valence electrons. The van der Waals surface area contributed by atoms with Crippen LogP contribution < -0.4 is 4.90 Å². The molecular weight excluding hydrogens is 290 g/mol. The lowest BCUT2D eigenvalue weighted by Crippen LogP contribution is -2.33.